The summed E-state index contributed by atoms with van der Waals surface area (Å²) in [6.07, 6.45) is 8.67. The van der Waals surface area contributed by atoms with Gasteiger partial charge in [0, 0.05) is 25.0 Å². The summed E-state index contributed by atoms with van der Waals surface area (Å²) in [6, 6.07) is 2.54. The summed E-state index contributed by atoms with van der Waals surface area (Å²) in [7, 11) is 0. The van der Waals surface area contributed by atoms with E-state index in [-0.39, 0.29) is 6.04 Å². The third-order valence-corrected chi connectivity index (χ3v) is 3.36. The zero-order valence-corrected chi connectivity index (χ0v) is 11.8. The molecular weight excluding hydrogens is 270 g/mol. The quantitative estimate of drug-likeness (QED) is 0.837. The molecular formula is C14H19N5O2. The van der Waals surface area contributed by atoms with E-state index in [1.54, 1.807) is 24.5 Å². The highest BCUT2D eigenvalue weighted by atomic mass is 16.2. The van der Waals surface area contributed by atoms with Gasteiger partial charge in [-0.2, -0.15) is 0 Å². The van der Waals surface area contributed by atoms with Crippen LogP contribution in [0.25, 0.3) is 0 Å². The molecule has 2 rings (SSSR count). The van der Waals surface area contributed by atoms with Gasteiger partial charge in [-0.05, 0) is 30.5 Å². The first-order valence-electron chi connectivity index (χ1n) is 7.13. The smallest absolute Gasteiger partial charge is 0.332 e. The first kappa shape index (κ1) is 15.1. The van der Waals surface area contributed by atoms with E-state index in [2.05, 4.69) is 25.8 Å². The minimum atomic E-state index is -0.634. The van der Waals surface area contributed by atoms with E-state index in [9.17, 15) is 9.59 Å². The summed E-state index contributed by atoms with van der Waals surface area (Å²) in [5.74, 6) is 0. The number of nitrogens with zero attached hydrogens (tertiary/aromatic N) is 3. The minimum Gasteiger partial charge on any atom is -0.332 e. The summed E-state index contributed by atoms with van der Waals surface area (Å²) in [4.78, 5) is 26.9. The molecule has 0 spiro atoms. The number of carbonyl (C=O) groups excluding carboxylic acids is 2. The zero-order chi connectivity index (χ0) is 14.9. The number of carbonyl (C=O) groups is 2. The molecule has 0 atom stereocenters. The van der Waals surface area contributed by atoms with Crippen LogP contribution in [-0.2, 0) is 6.54 Å². The van der Waals surface area contributed by atoms with E-state index in [4.69, 9.17) is 0 Å². The van der Waals surface area contributed by atoms with Gasteiger partial charge in [0.1, 0.15) is 0 Å². The fourth-order valence-electron chi connectivity index (χ4n) is 2.25. The molecule has 1 aromatic heterocycles. The predicted molar refractivity (Wildman–Crippen MR) is 76.7 cm³/mol. The molecule has 1 aliphatic carbocycles. The molecule has 1 saturated carbocycles. The Morgan fingerprint density at radius 1 is 1.10 bits per heavy atom. The molecule has 0 aromatic carbocycles. The Morgan fingerprint density at radius 2 is 1.76 bits per heavy atom. The molecule has 1 aromatic rings. The van der Waals surface area contributed by atoms with Crippen molar-refractivity contribution in [3.05, 3.63) is 30.1 Å². The summed E-state index contributed by atoms with van der Waals surface area (Å²) in [5.41, 5.74) is 0.903. The van der Waals surface area contributed by atoms with Gasteiger partial charge in [0.2, 0.25) is 0 Å². The average molecular weight is 289 g/mol. The van der Waals surface area contributed by atoms with Gasteiger partial charge in [-0.25, -0.2) is 9.59 Å². The van der Waals surface area contributed by atoms with Crippen molar-refractivity contribution in [3.8, 4) is 0 Å². The van der Waals surface area contributed by atoms with Crippen molar-refractivity contribution in [2.45, 2.75) is 44.7 Å². The lowest BCUT2D eigenvalue weighted by molar-refractivity contribution is 0.236. The van der Waals surface area contributed by atoms with Crippen molar-refractivity contribution in [1.29, 1.82) is 0 Å². The topological polar surface area (TPSA) is 95.8 Å². The van der Waals surface area contributed by atoms with E-state index in [0.717, 1.165) is 31.2 Å². The predicted octanol–water partition coefficient (Wildman–Crippen LogP) is 2.79. The second kappa shape index (κ2) is 8.08. The molecule has 0 bridgehead atoms. The Labute approximate surface area is 123 Å². The number of rotatable bonds is 3. The van der Waals surface area contributed by atoms with Gasteiger partial charge >= 0.3 is 12.1 Å². The highest BCUT2D eigenvalue weighted by Gasteiger charge is 2.15. The molecule has 0 aliphatic heterocycles. The summed E-state index contributed by atoms with van der Waals surface area (Å²) in [6.45, 7) is 0.324. The number of hydrogen-bond donors (Lipinski definition) is 2. The molecule has 4 amide bonds. The lowest BCUT2D eigenvalue weighted by atomic mass is 9.96. The number of azo groups is 1. The molecule has 1 fully saturated rings. The lowest BCUT2D eigenvalue weighted by Crippen LogP contribution is -2.34. The van der Waals surface area contributed by atoms with E-state index >= 15 is 0 Å². The van der Waals surface area contributed by atoms with Gasteiger partial charge in [0.15, 0.2) is 0 Å². The van der Waals surface area contributed by atoms with Crippen molar-refractivity contribution in [2.24, 2.45) is 10.2 Å². The Balaban J connectivity index is 1.69. The van der Waals surface area contributed by atoms with Crippen molar-refractivity contribution >= 4 is 12.1 Å². The van der Waals surface area contributed by atoms with E-state index in [1.807, 2.05) is 0 Å². The lowest BCUT2D eigenvalue weighted by Gasteiger charge is -2.21. The molecule has 1 heterocycles. The molecule has 1 aliphatic rings. The van der Waals surface area contributed by atoms with Crippen LogP contribution in [0, 0.1) is 0 Å². The van der Waals surface area contributed by atoms with Crippen LogP contribution in [0.4, 0.5) is 9.59 Å². The van der Waals surface area contributed by atoms with Crippen LogP contribution in [0.15, 0.2) is 34.8 Å². The van der Waals surface area contributed by atoms with Crippen molar-refractivity contribution in [2.75, 3.05) is 0 Å². The monoisotopic (exact) mass is 289 g/mol. The molecule has 0 saturated heterocycles. The van der Waals surface area contributed by atoms with Crippen LogP contribution in [0.2, 0.25) is 0 Å². The molecule has 21 heavy (non-hydrogen) atoms. The summed E-state index contributed by atoms with van der Waals surface area (Å²) < 4.78 is 0. The van der Waals surface area contributed by atoms with Gasteiger partial charge in [0.25, 0.3) is 0 Å². The summed E-state index contributed by atoms with van der Waals surface area (Å²) in [5, 5.41) is 12.0. The fourth-order valence-corrected chi connectivity index (χ4v) is 2.25. The molecule has 7 nitrogen and oxygen atoms in total. The Bertz CT molecular complexity index is 497. The maximum atomic E-state index is 11.5. The number of urea groups is 2. The number of hydrogen-bond acceptors (Lipinski definition) is 3. The Kier molecular flexibility index (Phi) is 5.81. The third kappa shape index (κ3) is 5.68. The SMILES string of the molecule is O=C(N=NC(=O)NC1CCCCC1)NCc1ccncc1. The van der Waals surface area contributed by atoms with Gasteiger partial charge in [-0.3, -0.25) is 4.98 Å². The highest BCUT2D eigenvalue weighted by molar-refractivity contribution is 5.79. The van der Waals surface area contributed by atoms with Crippen LogP contribution < -0.4 is 10.6 Å². The molecule has 0 radical (unpaired) electrons. The highest BCUT2D eigenvalue weighted by Crippen LogP contribution is 2.17. The second-order valence-electron chi connectivity index (χ2n) is 5.00. The van der Waals surface area contributed by atoms with Crippen molar-refractivity contribution < 1.29 is 9.59 Å². The molecule has 0 unspecified atom stereocenters. The van der Waals surface area contributed by atoms with Crippen LogP contribution in [0.1, 0.15) is 37.7 Å². The standard InChI is InChI=1S/C14H19N5O2/c20-13(16-10-11-6-8-15-9-7-11)18-19-14(21)17-12-4-2-1-3-5-12/h6-9,12H,1-5,10H2,(H,16,20)(H,17,21). The van der Waals surface area contributed by atoms with Gasteiger partial charge in [-0.15, -0.1) is 0 Å². The normalized spacial score (nSPS) is 15.8. The first-order valence-corrected chi connectivity index (χ1v) is 7.13. The van der Waals surface area contributed by atoms with Crippen molar-refractivity contribution in [1.82, 2.24) is 15.6 Å². The van der Waals surface area contributed by atoms with Crippen LogP contribution in [0.5, 0.6) is 0 Å². The van der Waals surface area contributed by atoms with Gasteiger partial charge < -0.3 is 10.6 Å². The molecule has 112 valence electrons. The van der Waals surface area contributed by atoms with Gasteiger partial charge in [-0.1, -0.05) is 29.5 Å². The van der Waals surface area contributed by atoms with E-state index in [0.29, 0.717) is 6.54 Å². The Hall–Kier alpha value is -2.31. The number of nitrogens with one attached hydrogen (secondary N) is 2. The largest absolute Gasteiger partial charge is 0.360 e. The summed E-state index contributed by atoms with van der Waals surface area (Å²) >= 11 is 0. The third-order valence-electron chi connectivity index (χ3n) is 3.36. The fraction of sp³-hybridized carbons (Fsp3) is 0.500. The van der Waals surface area contributed by atoms with E-state index in [1.165, 1.54) is 6.42 Å². The maximum absolute atomic E-state index is 11.5. The van der Waals surface area contributed by atoms with Crippen LogP contribution in [0.3, 0.4) is 0 Å². The molecule has 2 N–H and O–H groups in total. The minimum absolute atomic E-state index is 0.157. The first-order chi connectivity index (χ1) is 10.2. The molecule has 7 heteroatoms. The number of aromatic nitrogens is 1. The van der Waals surface area contributed by atoms with Gasteiger partial charge in [0.05, 0.1) is 0 Å². The maximum Gasteiger partial charge on any atom is 0.360 e. The number of pyridine rings is 1. The average Bonchev–Trinajstić information content (AvgIpc) is 2.53. The number of amides is 4. The van der Waals surface area contributed by atoms with Crippen molar-refractivity contribution in [3.63, 3.8) is 0 Å². The van der Waals surface area contributed by atoms with Crippen LogP contribution in [-0.4, -0.2) is 23.1 Å². The van der Waals surface area contributed by atoms with Crippen LogP contribution >= 0.6 is 0 Å². The Morgan fingerprint density at radius 3 is 2.48 bits per heavy atom. The van der Waals surface area contributed by atoms with E-state index < -0.39 is 12.1 Å². The second-order valence-corrected chi connectivity index (χ2v) is 5.00. The zero-order valence-electron chi connectivity index (χ0n) is 11.8.